The summed E-state index contributed by atoms with van der Waals surface area (Å²) in [5.41, 5.74) is 2.51. The van der Waals surface area contributed by atoms with Crippen molar-refractivity contribution in [2.45, 2.75) is 39.2 Å². The van der Waals surface area contributed by atoms with E-state index in [9.17, 15) is 9.59 Å². The van der Waals surface area contributed by atoms with Gasteiger partial charge in [-0.1, -0.05) is 12.1 Å². The van der Waals surface area contributed by atoms with Crippen molar-refractivity contribution < 1.29 is 14.3 Å². The van der Waals surface area contributed by atoms with E-state index >= 15 is 0 Å². The fourth-order valence-corrected chi connectivity index (χ4v) is 3.98. The van der Waals surface area contributed by atoms with Crippen LogP contribution >= 0.6 is 0 Å². The molecule has 2 aliphatic rings. The summed E-state index contributed by atoms with van der Waals surface area (Å²) in [6.45, 7) is 8.87. The van der Waals surface area contributed by atoms with E-state index in [0.29, 0.717) is 26.1 Å². The topological polar surface area (TPSA) is 53.1 Å². The quantitative estimate of drug-likeness (QED) is 0.740. The van der Waals surface area contributed by atoms with Crippen LogP contribution in [0, 0.1) is 6.92 Å². The van der Waals surface area contributed by atoms with Crippen LogP contribution in [0.4, 0.5) is 5.69 Å². The van der Waals surface area contributed by atoms with E-state index in [1.165, 1.54) is 11.3 Å². The minimum atomic E-state index is -0.403. The molecule has 2 saturated heterocycles. The lowest BCUT2D eigenvalue weighted by Crippen LogP contribution is -2.54. The van der Waals surface area contributed by atoms with E-state index < -0.39 is 6.04 Å². The van der Waals surface area contributed by atoms with E-state index in [0.717, 1.165) is 39.0 Å². The first-order valence-corrected chi connectivity index (χ1v) is 10.1. The average molecular weight is 373 g/mol. The Morgan fingerprint density at radius 3 is 2.59 bits per heavy atom. The Hall–Kier alpha value is -2.08. The van der Waals surface area contributed by atoms with Gasteiger partial charge in [0.25, 0.3) is 0 Å². The Balaban J connectivity index is 1.53. The summed E-state index contributed by atoms with van der Waals surface area (Å²) in [7, 11) is 0. The minimum Gasteiger partial charge on any atom is -0.464 e. The van der Waals surface area contributed by atoms with Crippen molar-refractivity contribution in [2.24, 2.45) is 0 Å². The zero-order valence-corrected chi connectivity index (χ0v) is 16.5. The van der Waals surface area contributed by atoms with Gasteiger partial charge in [0.2, 0.25) is 5.91 Å². The molecule has 0 bridgehead atoms. The van der Waals surface area contributed by atoms with E-state index in [4.69, 9.17) is 4.74 Å². The average Bonchev–Trinajstić information content (AvgIpc) is 2.69. The number of hydrogen-bond donors (Lipinski definition) is 0. The number of carbonyl (C=O) groups is 2. The van der Waals surface area contributed by atoms with Gasteiger partial charge in [0.1, 0.15) is 6.04 Å². The van der Waals surface area contributed by atoms with E-state index in [1.807, 2.05) is 0 Å². The predicted molar refractivity (Wildman–Crippen MR) is 106 cm³/mol. The van der Waals surface area contributed by atoms with Crippen LogP contribution < -0.4 is 4.90 Å². The molecule has 0 aliphatic carbocycles. The van der Waals surface area contributed by atoms with Crippen LogP contribution in [0.2, 0.25) is 0 Å². The Morgan fingerprint density at radius 1 is 1.11 bits per heavy atom. The van der Waals surface area contributed by atoms with Crippen molar-refractivity contribution in [3.63, 3.8) is 0 Å². The maximum atomic E-state index is 12.8. The van der Waals surface area contributed by atoms with Gasteiger partial charge in [0.05, 0.1) is 13.2 Å². The fourth-order valence-electron chi connectivity index (χ4n) is 3.98. The highest BCUT2D eigenvalue weighted by Crippen LogP contribution is 2.20. The number of amides is 1. The van der Waals surface area contributed by atoms with Crippen molar-refractivity contribution in [1.82, 2.24) is 9.80 Å². The molecular weight excluding hydrogens is 342 g/mol. The first-order valence-electron chi connectivity index (χ1n) is 10.1. The molecule has 1 aromatic rings. The molecule has 1 amide bonds. The Morgan fingerprint density at radius 2 is 1.89 bits per heavy atom. The van der Waals surface area contributed by atoms with Gasteiger partial charge in [-0.05, 0) is 50.8 Å². The first kappa shape index (κ1) is 19.7. The van der Waals surface area contributed by atoms with Gasteiger partial charge in [-0.2, -0.15) is 0 Å². The molecule has 0 saturated carbocycles. The van der Waals surface area contributed by atoms with Crippen LogP contribution in [-0.4, -0.2) is 73.6 Å². The van der Waals surface area contributed by atoms with Crippen LogP contribution in [0.25, 0.3) is 0 Å². The van der Waals surface area contributed by atoms with Gasteiger partial charge in [-0.25, -0.2) is 4.79 Å². The van der Waals surface area contributed by atoms with Crippen molar-refractivity contribution in [3.05, 3.63) is 29.8 Å². The molecule has 2 fully saturated rings. The summed E-state index contributed by atoms with van der Waals surface area (Å²) in [6, 6.07) is 8.15. The smallest absolute Gasteiger partial charge is 0.328 e. The third-order valence-corrected chi connectivity index (χ3v) is 5.48. The van der Waals surface area contributed by atoms with Gasteiger partial charge in [0.15, 0.2) is 0 Å². The van der Waals surface area contributed by atoms with Gasteiger partial charge in [0, 0.05) is 38.4 Å². The van der Waals surface area contributed by atoms with Crippen LogP contribution in [0.15, 0.2) is 24.3 Å². The molecular formula is C21H31N3O3. The number of hydrogen-bond acceptors (Lipinski definition) is 5. The van der Waals surface area contributed by atoms with Crippen molar-refractivity contribution in [2.75, 3.05) is 50.8 Å². The molecule has 2 aliphatic heterocycles. The molecule has 6 nitrogen and oxygen atoms in total. The van der Waals surface area contributed by atoms with Crippen LogP contribution in [-0.2, 0) is 14.3 Å². The number of aryl methyl sites for hydroxylation is 1. The van der Waals surface area contributed by atoms with Gasteiger partial charge >= 0.3 is 5.97 Å². The molecule has 1 atom stereocenters. The molecule has 0 radical (unpaired) electrons. The number of nitrogens with zero attached hydrogens (tertiary/aromatic N) is 3. The zero-order valence-electron chi connectivity index (χ0n) is 16.5. The predicted octanol–water partition coefficient (Wildman–Crippen LogP) is 2.06. The van der Waals surface area contributed by atoms with Crippen LogP contribution in [0.5, 0.6) is 0 Å². The fraction of sp³-hybridized carbons (Fsp3) is 0.619. The van der Waals surface area contributed by atoms with E-state index in [-0.39, 0.29) is 11.9 Å². The number of ether oxygens (including phenoxy) is 1. The lowest BCUT2D eigenvalue weighted by atomic mass is 10.0. The normalized spacial score (nSPS) is 21.2. The van der Waals surface area contributed by atoms with Crippen molar-refractivity contribution >= 4 is 17.6 Å². The third-order valence-electron chi connectivity index (χ3n) is 5.48. The molecule has 148 valence electrons. The Bertz CT molecular complexity index is 656. The highest BCUT2D eigenvalue weighted by Gasteiger charge is 2.34. The summed E-state index contributed by atoms with van der Waals surface area (Å²) in [6.07, 6.45) is 2.65. The summed E-state index contributed by atoms with van der Waals surface area (Å²) < 4.78 is 5.17. The van der Waals surface area contributed by atoms with Crippen molar-refractivity contribution in [3.8, 4) is 0 Å². The summed E-state index contributed by atoms with van der Waals surface area (Å²) in [4.78, 5) is 31.4. The Kier molecular flexibility index (Phi) is 6.72. The van der Waals surface area contributed by atoms with Crippen LogP contribution in [0.1, 0.15) is 31.7 Å². The molecule has 0 aromatic heterocycles. The van der Waals surface area contributed by atoms with Crippen LogP contribution in [0.3, 0.4) is 0 Å². The number of piperazine rings is 1. The SMILES string of the molecule is CCOC(=O)C1CCCCN1C(=O)CN1CCN(c2cccc(C)c2)CC1. The second-order valence-electron chi connectivity index (χ2n) is 7.45. The molecule has 0 spiro atoms. The molecule has 1 unspecified atom stereocenters. The second-order valence-corrected chi connectivity index (χ2v) is 7.45. The lowest BCUT2D eigenvalue weighted by molar-refractivity contribution is -0.157. The number of likely N-dealkylation sites (tertiary alicyclic amines) is 1. The Labute approximate surface area is 162 Å². The van der Waals surface area contributed by atoms with Gasteiger partial charge in [-0.3, -0.25) is 9.69 Å². The van der Waals surface area contributed by atoms with E-state index in [1.54, 1.807) is 11.8 Å². The summed E-state index contributed by atoms with van der Waals surface area (Å²) in [5, 5.41) is 0. The molecule has 6 heteroatoms. The van der Waals surface area contributed by atoms with Gasteiger partial charge < -0.3 is 14.5 Å². The largest absolute Gasteiger partial charge is 0.464 e. The van der Waals surface area contributed by atoms with Gasteiger partial charge in [-0.15, -0.1) is 0 Å². The standard InChI is InChI=1S/C21H31N3O3/c1-3-27-21(26)19-9-4-5-10-24(19)20(25)16-22-11-13-23(14-12-22)18-8-6-7-17(2)15-18/h6-8,15,19H,3-5,9-14,16H2,1-2H3. The number of piperidine rings is 1. The minimum absolute atomic E-state index is 0.0526. The zero-order chi connectivity index (χ0) is 19.2. The highest BCUT2D eigenvalue weighted by atomic mass is 16.5. The highest BCUT2D eigenvalue weighted by molar-refractivity contribution is 5.85. The summed E-state index contributed by atoms with van der Waals surface area (Å²) >= 11 is 0. The number of anilines is 1. The second kappa shape index (κ2) is 9.22. The van der Waals surface area contributed by atoms with E-state index in [2.05, 4.69) is 41.0 Å². The molecule has 27 heavy (non-hydrogen) atoms. The monoisotopic (exact) mass is 373 g/mol. The number of carbonyl (C=O) groups excluding carboxylic acids is 2. The summed E-state index contributed by atoms with van der Waals surface area (Å²) in [5.74, 6) is -0.202. The molecule has 2 heterocycles. The number of esters is 1. The number of benzene rings is 1. The first-order chi connectivity index (χ1) is 13.1. The molecule has 1 aromatic carbocycles. The maximum absolute atomic E-state index is 12.8. The maximum Gasteiger partial charge on any atom is 0.328 e. The van der Waals surface area contributed by atoms with Crippen molar-refractivity contribution in [1.29, 1.82) is 0 Å². The molecule has 3 rings (SSSR count). The number of rotatable bonds is 5. The third kappa shape index (κ3) is 5.01. The lowest BCUT2D eigenvalue weighted by Gasteiger charge is -2.38. The molecule has 0 N–H and O–H groups in total.